The van der Waals surface area contributed by atoms with Crippen molar-refractivity contribution in [3.8, 4) is 0 Å². The number of carbonyl (C=O) groups is 1. The van der Waals surface area contributed by atoms with Gasteiger partial charge in [-0.3, -0.25) is 4.79 Å². The summed E-state index contributed by atoms with van der Waals surface area (Å²) in [5.41, 5.74) is 0.545. The molecule has 98 valence electrons. The topological polar surface area (TPSA) is 33.5 Å². The van der Waals surface area contributed by atoms with Crippen molar-refractivity contribution >= 4 is 29.3 Å². The molecule has 1 amide bonds. The second-order valence-corrected chi connectivity index (χ2v) is 5.81. The van der Waals surface area contributed by atoms with Crippen molar-refractivity contribution < 1.29 is 9.21 Å². The van der Waals surface area contributed by atoms with Gasteiger partial charge in [0.2, 0.25) is 0 Å². The first kappa shape index (κ1) is 12.6. The van der Waals surface area contributed by atoms with Crippen LogP contribution in [0.15, 0.2) is 47.1 Å². The number of halogens is 1. The number of thioether (sulfide) groups is 1. The standard InChI is InChI=1S/C14H12ClNO2S/c15-11-5-2-1-4-10(11)13(17)16-7-9-19-14(16)12-6-3-8-18-12/h1-6,8,14H,7,9H2. The molecule has 0 N–H and O–H groups in total. The zero-order valence-electron chi connectivity index (χ0n) is 10.1. The van der Waals surface area contributed by atoms with Crippen LogP contribution in [0, 0.1) is 0 Å². The molecule has 2 heterocycles. The molecule has 1 aliphatic rings. The molecule has 3 rings (SSSR count). The van der Waals surface area contributed by atoms with E-state index in [0.717, 1.165) is 11.5 Å². The number of amides is 1. The van der Waals surface area contributed by atoms with Gasteiger partial charge in [-0.2, -0.15) is 0 Å². The summed E-state index contributed by atoms with van der Waals surface area (Å²) in [5.74, 6) is 1.67. The molecule has 0 bridgehead atoms. The van der Waals surface area contributed by atoms with E-state index >= 15 is 0 Å². The van der Waals surface area contributed by atoms with Gasteiger partial charge in [-0.25, -0.2) is 0 Å². The Balaban J connectivity index is 1.89. The Bertz CT molecular complexity index is 585. The van der Waals surface area contributed by atoms with Crippen LogP contribution in [0.2, 0.25) is 5.02 Å². The van der Waals surface area contributed by atoms with Crippen molar-refractivity contribution in [3.05, 3.63) is 59.0 Å². The van der Waals surface area contributed by atoms with Crippen LogP contribution in [-0.4, -0.2) is 23.1 Å². The maximum absolute atomic E-state index is 12.6. The summed E-state index contributed by atoms with van der Waals surface area (Å²) in [5, 5.41) is 0.432. The molecule has 3 nitrogen and oxygen atoms in total. The summed E-state index contributed by atoms with van der Waals surface area (Å²) in [6.07, 6.45) is 1.63. The number of nitrogens with zero attached hydrogens (tertiary/aromatic N) is 1. The highest BCUT2D eigenvalue weighted by Crippen LogP contribution is 2.39. The van der Waals surface area contributed by atoms with Gasteiger partial charge in [0, 0.05) is 12.3 Å². The molecule has 1 aliphatic heterocycles. The maximum atomic E-state index is 12.6. The SMILES string of the molecule is O=C(c1ccccc1Cl)N1CCSC1c1ccco1. The summed E-state index contributed by atoms with van der Waals surface area (Å²) in [6, 6.07) is 10.9. The molecule has 0 radical (unpaired) electrons. The summed E-state index contributed by atoms with van der Waals surface area (Å²) in [4.78, 5) is 14.4. The number of rotatable bonds is 2. The lowest BCUT2D eigenvalue weighted by atomic mass is 10.2. The Morgan fingerprint density at radius 1 is 1.32 bits per heavy atom. The molecule has 1 unspecified atom stereocenters. The van der Waals surface area contributed by atoms with E-state index in [9.17, 15) is 4.79 Å². The van der Waals surface area contributed by atoms with Gasteiger partial charge < -0.3 is 9.32 Å². The molecule has 1 saturated heterocycles. The molecule has 1 fully saturated rings. The van der Waals surface area contributed by atoms with Gasteiger partial charge in [-0.1, -0.05) is 23.7 Å². The van der Waals surface area contributed by atoms with E-state index in [1.165, 1.54) is 0 Å². The van der Waals surface area contributed by atoms with Gasteiger partial charge in [0.15, 0.2) is 0 Å². The fraction of sp³-hybridized carbons (Fsp3) is 0.214. The normalized spacial score (nSPS) is 18.8. The molecular weight excluding hydrogens is 282 g/mol. The molecule has 1 aromatic carbocycles. The number of benzene rings is 1. The van der Waals surface area contributed by atoms with E-state index in [1.807, 2.05) is 29.2 Å². The molecule has 0 aliphatic carbocycles. The van der Waals surface area contributed by atoms with Crippen molar-refractivity contribution in [2.45, 2.75) is 5.37 Å². The third-order valence-electron chi connectivity index (χ3n) is 3.04. The first-order valence-corrected chi connectivity index (χ1v) is 7.40. The van der Waals surface area contributed by atoms with Crippen molar-refractivity contribution in [1.82, 2.24) is 4.90 Å². The van der Waals surface area contributed by atoms with E-state index < -0.39 is 0 Å². The van der Waals surface area contributed by atoms with Gasteiger partial charge in [0.25, 0.3) is 5.91 Å². The van der Waals surface area contributed by atoms with Gasteiger partial charge in [-0.05, 0) is 24.3 Å². The first-order chi connectivity index (χ1) is 9.27. The molecular formula is C14H12ClNO2S. The molecule has 0 spiro atoms. The fourth-order valence-electron chi connectivity index (χ4n) is 2.13. The summed E-state index contributed by atoms with van der Waals surface area (Å²) in [6.45, 7) is 0.708. The second kappa shape index (κ2) is 5.31. The summed E-state index contributed by atoms with van der Waals surface area (Å²) < 4.78 is 5.42. The van der Waals surface area contributed by atoms with E-state index in [4.69, 9.17) is 16.0 Å². The number of furan rings is 1. The van der Waals surface area contributed by atoms with Crippen molar-refractivity contribution in [3.63, 3.8) is 0 Å². The van der Waals surface area contributed by atoms with Crippen molar-refractivity contribution in [2.24, 2.45) is 0 Å². The van der Waals surface area contributed by atoms with Gasteiger partial charge in [0.05, 0.1) is 16.8 Å². The maximum Gasteiger partial charge on any atom is 0.256 e. The van der Waals surface area contributed by atoms with Crippen LogP contribution in [0.1, 0.15) is 21.5 Å². The molecule has 5 heteroatoms. The summed E-state index contributed by atoms with van der Waals surface area (Å²) >= 11 is 7.80. The van der Waals surface area contributed by atoms with Crippen LogP contribution < -0.4 is 0 Å². The smallest absolute Gasteiger partial charge is 0.256 e. The lowest BCUT2D eigenvalue weighted by Gasteiger charge is -2.22. The minimum atomic E-state index is -0.0567. The summed E-state index contributed by atoms with van der Waals surface area (Å²) in [7, 11) is 0. The molecule has 1 atom stereocenters. The lowest BCUT2D eigenvalue weighted by molar-refractivity contribution is 0.0749. The predicted molar refractivity (Wildman–Crippen MR) is 76.4 cm³/mol. The highest BCUT2D eigenvalue weighted by Gasteiger charge is 2.33. The zero-order chi connectivity index (χ0) is 13.2. The Morgan fingerprint density at radius 2 is 2.16 bits per heavy atom. The Hall–Kier alpha value is -1.39. The van der Waals surface area contributed by atoms with Crippen molar-refractivity contribution in [1.29, 1.82) is 0 Å². The monoisotopic (exact) mass is 293 g/mol. The van der Waals surface area contributed by atoms with Crippen LogP contribution in [0.4, 0.5) is 0 Å². The molecule has 0 saturated carbocycles. The third-order valence-corrected chi connectivity index (χ3v) is 4.59. The van der Waals surface area contributed by atoms with Gasteiger partial charge in [0.1, 0.15) is 11.1 Å². The van der Waals surface area contributed by atoms with Crippen molar-refractivity contribution in [2.75, 3.05) is 12.3 Å². The molecule has 19 heavy (non-hydrogen) atoms. The number of hydrogen-bond acceptors (Lipinski definition) is 3. The minimum Gasteiger partial charge on any atom is -0.466 e. The minimum absolute atomic E-state index is 0.0444. The van der Waals surface area contributed by atoms with Crippen LogP contribution >= 0.6 is 23.4 Å². The van der Waals surface area contributed by atoms with E-state index in [-0.39, 0.29) is 11.3 Å². The third kappa shape index (κ3) is 2.38. The van der Waals surface area contributed by atoms with Crippen LogP contribution in [0.5, 0.6) is 0 Å². The van der Waals surface area contributed by atoms with Crippen LogP contribution in [0.25, 0.3) is 0 Å². The molecule has 1 aromatic heterocycles. The van der Waals surface area contributed by atoms with E-state index in [1.54, 1.807) is 30.2 Å². The average Bonchev–Trinajstić information content (AvgIpc) is 3.09. The lowest BCUT2D eigenvalue weighted by Crippen LogP contribution is -2.30. The Labute approximate surface area is 120 Å². The Kier molecular flexibility index (Phi) is 3.53. The largest absolute Gasteiger partial charge is 0.466 e. The highest BCUT2D eigenvalue weighted by atomic mass is 35.5. The van der Waals surface area contributed by atoms with Gasteiger partial charge in [-0.15, -0.1) is 11.8 Å². The average molecular weight is 294 g/mol. The van der Waals surface area contributed by atoms with E-state index in [0.29, 0.717) is 17.1 Å². The Morgan fingerprint density at radius 3 is 2.89 bits per heavy atom. The zero-order valence-corrected chi connectivity index (χ0v) is 11.7. The fourth-order valence-corrected chi connectivity index (χ4v) is 3.56. The number of carbonyl (C=O) groups excluding carboxylic acids is 1. The van der Waals surface area contributed by atoms with E-state index in [2.05, 4.69) is 0 Å². The van der Waals surface area contributed by atoms with Gasteiger partial charge >= 0.3 is 0 Å². The molecule has 2 aromatic rings. The first-order valence-electron chi connectivity index (χ1n) is 5.98. The quantitative estimate of drug-likeness (QED) is 0.844. The van der Waals surface area contributed by atoms with Crippen LogP contribution in [-0.2, 0) is 0 Å². The highest BCUT2D eigenvalue weighted by molar-refractivity contribution is 7.99. The second-order valence-electron chi connectivity index (χ2n) is 4.22. The number of hydrogen-bond donors (Lipinski definition) is 0. The van der Waals surface area contributed by atoms with Crippen LogP contribution in [0.3, 0.4) is 0 Å². The predicted octanol–water partition coefficient (Wildman–Crippen LogP) is 3.82.